The fourth-order valence-corrected chi connectivity index (χ4v) is 3.44. The Morgan fingerprint density at radius 2 is 1.29 bits per heavy atom. The quantitative estimate of drug-likeness (QED) is 0.340. The molecule has 0 fully saturated rings. The molecule has 0 bridgehead atoms. The minimum Gasteiger partial charge on any atom is -0.507 e. The van der Waals surface area contributed by atoms with Gasteiger partial charge in [-0.25, -0.2) is 0 Å². The summed E-state index contributed by atoms with van der Waals surface area (Å²) in [7, 11) is 0. The zero-order valence-electron chi connectivity index (χ0n) is 16.7. The van der Waals surface area contributed by atoms with Crippen LogP contribution in [0.25, 0.3) is 22.3 Å². The van der Waals surface area contributed by atoms with Gasteiger partial charge in [-0.1, -0.05) is 81.3 Å². The van der Waals surface area contributed by atoms with Crippen LogP contribution in [0.15, 0.2) is 66.7 Å². The summed E-state index contributed by atoms with van der Waals surface area (Å²) in [5.74, 6) is 0.00428. The lowest BCUT2D eigenvalue weighted by Crippen LogP contribution is -1.96. The molecule has 0 amide bonds. The number of Topliss-reactive ketones (excluding diaryl/α,β-unsaturated/α-hetero) is 1. The van der Waals surface area contributed by atoms with Gasteiger partial charge in [0.1, 0.15) is 5.75 Å². The second-order valence-corrected chi connectivity index (χ2v) is 7.24. The maximum atomic E-state index is 11.8. The molecule has 0 radical (unpaired) electrons. The molecule has 0 aliphatic carbocycles. The lowest BCUT2D eigenvalue weighted by atomic mass is 9.97. The number of hydrogen-bond acceptors (Lipinski definition) is 2. The fourth-order valence-electron chi connectivity index (χ4n) is 3.44. The molecular formula is C26H28O2. The van der Waals surface area contributed by atoms with Crippen molar-refractivity contribution in [2.24, 2.45) is 0 Å². The number of benzene rings is 3. The van der Waals surface area contributed by atoms with Crippen molar-refractivity contribution in [2.45, 2.75) is 46.0 Å². The van der Waals surface area contributed by atoms with Gasteiger partial charge in [-0.05, 0) is 52.8 Å². The summed E-state index contributed by atoms with van der Waals surface area (Å²) in [6.45, 7) is 4.03. The number of phenolic OH excluding ortho intramolecular Hbond substituents is 1. The van der Waals surface area contributed by atoms with Crippen molar-refractivity contribution in [3.63, 3.8) is 0 Å². The molecule has 28 heavy (non-hydrogen) atoms. The zero-order valence-corrected chi connectivity index (χ0v) is 16.7. The van der Waals surface area contributed by atoms with Crippen molar-refractivity contribution < 1.29 is 9.90 Å². The van der Waals surface area contributed by atoms with E-state index in [2.05, 4.69) is 55.5 Å². The zero-order chi connectivity index (χ0) is 19.9. The van der Waals surface area contributed by atoms with Crippen LogP contribution in [-0.4, -0.2) is 10.9 Å². The molecule has 1 N–H and O–H groups in total. The highest BCUT2D eigenvalue weighted by Crippen LogP contribution is 2.29. The number of unbranched alkanes of at least 4 members (excludes halogenated alkanes) is 2. The van der Waals surface area contributed by atoms with Gasteiger partial charge in [-0.15, -0.1) is 0 Å². The monoisotopic (exact) mass is 372 g/mol. The largest absolute Gasteiger partial charge is 0.507 e. The van der Waals surface area contributed by atoms with E-state index in [1.54, 1.807) is 19.1 Å². The van der Waals surface area contributed by atoms with Gasteiger partial charge in [0.05, 0.1) is 5.56 Å². The van der Waals surface area contributed by atoms with E-state index in [4.69, 9.17) is 0 Å². The van der Waals surface area contributed by atoms with Gasteiger partial charge in [0.15, 0.2) is 5.78 Å². The SMILES string of the molecule is CCCCCc1ccc(-c2ccc(-c3ccc(C(=O)CC)c(O)c3)cc2)cc1. The Balaban J connectivity index is 1.74. The van der Waals surface area contributed by atoms with Crippen LogP contribution >= 0.6 is 0 Å². The summed E-state index contributed by atoms with van der Waals surface area (Å²) in [6.07, 6.45) is 5.32. The first-order valence-corrected chi connectivity index (χ1v) is 10.2. The van der Waals surface area contributed by atoms with Crippen molar-refractivity contribution >= 4 is 5.78 Å². The second kappa shape index (κ2) is 9.36. The molecule has 0 atom stereocenters. The van der Waals surface area contributed by atoms with E-state index in [0.29, 0.717) is 12.0 Å². The normalized spacial score (nSPS) is 10.8. The number of phenols is 1. The molecule has 3 rings (SSSR count). The summed E-state index contributed by atoms with van der Waals surface area (Å²) in [4.78, 5) is 11.8. The van der Waals surface area contributed by atoms with Crippen molar-refractivity contribution in [3.05, 3.63) is 77.9 Å². The van der Waals surface area contributed by atoms with Crippen molar-refractivity contribution in [1.29, 1.82) is 0 Å². The predicted octanol–water partition coefficient (Wildman–Crippen LogP) is 7.05. The van der Waals surface area contributed by atoms with Crippen LogP contribution in [0, 0.1) is 0 Å². The molecule has 0 spiro atoms. The van der Waals surface area contributed by atoms with Crippen molar-refractivity contribution in [3.8, 4) is 28.0 Å². The van der Waals surface area contributed by atoms with Gasteiger partial charge in [0.2, 0.25) is 0 Å². The van der Waals surface area contributed by atoms with Gasteiger partial charge in [-0.3, -0.25) is 4.79 Å². The van der Waals surface area contributed by atoms with Crippen molar-refractivity contribution in [1.82, 2.24) is 0 Å². The average Bonchev–Trinajstić information content (AvgIpc) is 2.74. The molecule has 2 heteroatoms. The summed E-state index contributed by atoms with van der Waals surface area (Å²) in [5.41, 5.74) is 6.09. The molecule has 0 aliphatic heterocycles. The van der Waals surface area contributed by atoms with E-state index in [9.17, 15) is 9.90 Å². The van der Waals surface area contributed by atoms with E-state index >= 15 is 0 Å². The van der Waals surface area contributed by atoms with E-state index in [-0.39, 0.29) is 11.5 Å². The summed E-state index contributed by atoms with van der Waals surface area (Å²) < 4.78 is 0. The lowest BCUT2D eigenvalue weighted by molar-refractivity contribution is 0.0985. The van der Waals surface area contributed by atoms with Crippen LogP contribution in [0.4, 0.5) is 0 Å². The average molecular weight is 373 g/mol. The Bertz CT molecular complexity index is 922. The van der Waals surface area contributed by atoms with Crippen LogP contribution in [-0.2, 0) is 6.42 Å². The second-order valence-electron chi connectivity index (χ2n) is 7.24. The third kappa shape index (κ3) is 4.69. The van der Waals surface area contributed by atoms with Crippen molar-refractivity contribution in [2.75, 3.05) is 0 Å². The van der Waals surface area contributed by atoms with Crippen LogP contribution in [0.5, 0.6) is 5.75 Å². The number of ketones is 1. The highest BCUT2D eigenvalue weighted by Gasteiger charge is 2.10. The Kier molecular flexibility index (Phi) is 6.65. The molecule has 2 nitrogen and oxygen atoms in total. The van der Waals surface area contributed by atoms with Crippen LogP contribution < -0.4 is 0 Å². The third-order valence-corrected chi connectivity index (χ3v) is 5.19. The molecule has 0 aromatic heterocycles. The highest BCUT2D eigenvalue weighted by atomic mass is 16.3. The van der Waals surface area contributed by atoms with Gasteiger partial charge in [0.25, 0.3) is 0 Å². The van der Waals surface area contributed by atoms with Crippen LogP contribution in [0.2, 0.25) is 0 Å². The Labute approximate surface area is 167 Å². The van der Waals surface area contributed by atoms with E-state index in [1.165, 1.54) is 36.0 Å². The molecule has 0 saturated carbocycles. The smallest absolute Gasteiger partial charge is 0.166 e. The first kappa shape index (κ1) is 19.9. The Morgan fingerprint density at radius 3 is 1.82 bits per heavy atom. The molecule has 0 aliphatic rings. The van der Waals surface area contributed by atoms with E-state index < -0.39 is 0 Å². The van der Waals surface area contributed by atoms with Gasteiger partial charge in [-0.2, -0.15) is 0 Å². The summed E-state index contributed by atoms with van der Waals surface area (Å²) in [5, 5.41) is 10.2. The molecule has 0 heterocycles. The lowest BCUT2D eigenvalue weighted by Gasteiger charge is -2.08. The van der Waals surface area contributed by atoms with Crippen LogP contribution in [0.1, 0.15) is 55.5 Å². The standard InChI is InChI=1S/C26H28O2/c1-3-5-6-7-19-8-10-20(11-9-19)21-12-14-22(15-13-21)23-16-17-24(25(27)4-2)26(28)18-23/h8-18,28H,3-7H2,1-2H3. The maximum Gasteiger partial charge on any atom is 0.166 e. The minimum atomic E-state index is -0.0439. The minimum absolute atomic E-state index is 0.0439. The number of rotatable bonds is 8. The molecular weight excluding hydrogens is 344 g/mol. The van der Waals surface area contributed by atoms with Crippen LogP contribution in [0.3, 0.4) is 0 Å². The van der Waals surface area contributed by atoms with Gasteiger partial charge >= 0.3 is 0 Å². The van der Waals surface area contributed by atoms with Gasteiger partial charge < -0.3 is 5.11 Å². The topological polar surface area (TPSA) is 37.3 Å². The first-order chi connectivity index (χ1) is 13.6. The fraction of sp³-hybridized carbons (Fsp3) is 0.269. The molecule has 144 valence electrons. The Hall–Kier alpha value is -2.87. The number of aryl methyl sites for hydroxylation is 1. The summed E-state index contributed by atoms with van der Waals surface area (Å²) >= 11 is 0. The molecule has 0 saturated heterocycles. The Morgan fingerprint density at radius 1 is 0.750 bits per heavy atom. The molecule has 3 aromatic rings. The number of aromatic hydroxyl groups is 1. The highest BCUT2D eigenvalue weighted by molar-refractivity contribution is 5.99. The first-order valence-electron chi connectivity index (χ1n) is 10.2. The molecule has 0 unspecified atom stereocenters. The third-order valence-electron chi connectivity index (χ3n) is 5.19. The van der Waals surface area contributed by atoms with E-state index in [0.717, 1.165) is 17.5 Å². The number of carbonyl (C=O) groups excluding carboxylic acids is 1. The number of carbonyl (C=O) groups is 1. The summed E-state index contributed by atoms with van der Waals surface area (Å²) in [6, 6.07) is 22.4. The number of hydrogen-bond donors (Lipinski definition) is 1. The van der Waals surface area contributed by atoms with Gasteiger partial charge in [0, 0.05) is 6.42 Å². The van der Waals surface area contributed by atoms with E-state index in [1.807, 2.05) is 6.07 Å². The predicted molar refractivity (Wildman–Crippen MR) is 117 cm³/mol. The molecule has 3 aromatic carbocycles. The maximum absolute atomic E-state index is 11.8.